The highest BCUT2D eigenvalue weighted by Gasteiger charge is 2.31. The molecule has 1 unspecified atom stereocenters. The number of aliphatic imine (C=N–C) groups is 1. The number of alkyl halides is 2. The number of amides is 1. The molecule has 0 fully saturated rings. The lowest BCUT2D eigenvalue weighted by Crippen LogP contribution is -2.30. The maximum absolute atomic E-state index is 14.5. The van der Waals surface area contributed by atoms with Gasteiger partial charge in [0, 0.05) is 11.3 Å². The molecule has 2 aromatic rings. The van der Waals surface area contributed by atoms with Crippen molar-refractivity contribution in [1.29, 1.82) is 0 Å². The Kier molecular flexibility index (Phi) is 5.39. The maximum atomic E-state index is 14.5. The van der Waals surface area contributed by atoms with E-state index in [9.17, 15) is 18.0 Å². The van der Waals surface area contributed by atoms with Gasteiger partial charge < -0.3 is 20.5 Å². The van der Waals surface area contributed by atoms with Crippen LogP contribution in [0.1, 0.15) is 29.9 Å². The maximum Gasteiger partial charge on any atom is 0.388 e. The van der Waals surface area contributed by atoms with Crippen molar-refractivity contribution >= 4 is 17.6 Å². The molecule has 2 heterocycles. The van der Waals surface area contributed by atoms with Gasteiger partial charge in [0.2, 0.25) is 5.88 Å². The molecule has 152 valence electrons. The van der Waals surface area contributed by atoms with E-state index in [0.29, 0.717) is 5.76 Å². The van der Waals surface area contributed by atoms with Crippen molar-refractivity contribution in [3.63, 3.8) is 0 Å². The van der Waals surface area contributed by atoms with Gasteiger partial charge in [0.25, 0.3) is 11.9 Å². The minimum absolute atomic E-state index is 0.109. The minimum atomic E-state index is -3.05. The summed E-state index contributed by atoms with van der Waals surface area (Å²) in [4.78, 5) is 23.8. The highest BCUT2D eigenvalue weighted by Crippen LogP contribution is 2.34. The number of halogens is 3. The Morgan fingerprint density at radius 1 is 1.31 bits per heavy atom. The summed E-state index contributed by atoms with van der Waals surface area (Å²) in [5.74, 6) is -1.20. The first-order chi connectivity index (χ1) is 13.7. The molecule has 1 aliphatic heterocycles. The molecule has 3 N–H and O–H groups in total. The van der Waals surface area contributed by atoms with Crippen molar-refractivity contribution in [2.45, 2.75) is 26.0 Å². The summed E-state index contributed by atoms with van der Waals surface area (Å²) in [5.41, 5.74) is 4.79. The third-order valence-electron chi connectivity index (χ3n) is 3.93. The van der Waals surface area contributed by atoms with Crippen molar-refractivity contribution in [3.8, 4) is 5.88 Å². The summed E-state index contributed by atoms with van der Waals surface area (Å²) in [7, 11) is 0. The lowest BCUT2D eigenvalue weighted by atomic mass is 9.90. The fraction of sp³-hybridized carbons (Fsp3) is 0.222. The zero-order valence-electron chi connectivity index (χ0n) is 15.3. The van der Waals surface area contributed by atoms with E-state index in [2.05, 4.69) is 25.0 Å². The van der Waals surface area contributed by atoms with E-state index >= 15 is 0 Å². The van der Waals surface area contributed by atoms with Crippen LogP contribution in [0.5, 0.6) is 5.88 Å². The van der Waals surface area contributed by atoms with Crippen molar-refractivity contribution in [1.82, 2.24) is 9.97 Å². The molecule has 3 rings (SSSR count). The van der Waals surface area contributed by atoms with Crippen LogP contribution in [-0.2, 0) is 10.3 Å². The fourth-order valence-electron chi connectivity index (χ4n) is 2.78. The number of nitrogens with zero attached hydrogens (tertiary/aromatic N) is 3. The van der Waals surface area contributed by atoms with Crippen LogP contribution in [0.2, 0.25) is 0 Å². The SMILES string of the molecule is CC1=CC(C)(c2cc(NC(=O)c3cnc(OC(F)F)cn3)ccc2F)N=C(N)O1. The molecular formula is C18H16F3N5O3. The lowest BCUT2D eigenvalue weighted by Gasteiger charge is -2.27. The number of hydrogen-bond acceptors (Lipinski definition) is 7. The van der Waals surface area contributed by atoms with Crippen molar-refractivity contribution in [2.24, 2.45) is 10.7 Å². The second kappa shape index (κ2) is 7.78. The number of aromatic nitrogens is 2. The molecule has 8 nitrogen and oxygen atoms in total. The van der Waals surface area contributed by atoms with Crippen LogP contribution in [0.15, 0.2) is 47.4 Å². The first-order valence-corrected chi connectivity index (χ1v) is 8.27. The molecule has 1 aromatic carbocycles. The van der Waals surface area contributed by atoms with Gasteiger partial charge in [-0.15, -0.1) is 0 Å². The summed E-state index contributed by atoms with van der Waals surface area (Å²) >= 11 is 0. The number of nitrogens with one attached hydrogen (secondary N) is 1. The molecule has 0 radical (unpaired) electrons. The number of benzene rings is 1. The average molecular weight is 407 g/mol. The van der Waals surface area contributed by atoms with Gasteiger partial charge >= 0.3 is 6.61 Å². The molecule has 0 spiro atoms. The summed E-state index contributed by atoms with van der Waals surface area (Å²) in [6.45, 7) is 0.245. The molecule has 0 bridgehead atoms. The molecule has 11 heteroatoms. The summed E-state index contributed by atoms with van der Waals surface area (Å²) in [5, 5.41) is 2.54. The molecule has 1 aromatic heterocycles. The summed E-state index contributed by atoms with van der Waals surface area (Å²) in [6.07, 6.45) is 3.47. The second-order valence-electron chi connectivity index (χ2n) is 6.22. The van der Waals surface area contributed by atoms with Crippen LogP contribution in [0.4, 0.5) is 18.9 Å². The third-order valence-corrected chi connectivity index (χ3v) is 3.93. The van der Waals surface area contributed by atoms with Gasteiger partial charge in [-0.25, -0.2) is 19.4 Å². The zero-order chi connectivity index (χ0) is 21.2. The van der Waals surface area contributed by atoms with E-state index in [1.54, 1.807) is 19.9 Å². The number of rotatable bonds is 5. The quantitative estimate of drug-likeness (QED) is 0.788. The van der Waals surface area contributed by atoms with Crippen LogP contribution in [-0.4, -0.2) is 28.5 Å². The second-order valence-corrected chi connectivity index (χ2v) is 6.22. The first kappa shape index (κ1) is 20.1. The van der Waals surface area contributed by atoms with Crippen LogP contribution >= 0.6 is 0 Å². The van der Waals surface area contributed by atoms with E-state index < -0.39 is 29.8 Å². The van der Waals surface area contributed by atoms with Gasteiger partial charge in [0.15, 0.2) is 0 Å². The van der Waals surface area contributed by atoms with E-state index in [1.165, 1.54) is 18.2 Å². The topological polar surface area (TPSA) is 112 Å². The number of amidine groups is 1. The van der Waals surface area contributed by atoms with Gasteiger partial charge in [-0.1, -0.05) is 0 Å². The number of anilines is 1. The normalized spacial score (nSPS) is 18.6. The van der Waals surface area contributed by atoms with E-state index in [1.807, 2.05) is 0 Å². The average Bonchev–Trinajstić information content (AvgIpc) is 2.62. The number of hydrogen-bond donors (Lipinski definition) is 2. The van der Waals surface area contributed by atoms with Crippen LogP contribution in [0.25, 0.3) is 0 Å². The largest absolute Gasteiger partial charge is 0.431 e. The number of carbonyl (C=O) groups excluding carboxylic acids is 1. The van der Waals surface area contributed by atoms with Gasteiger partial charge in [-0.2, -0.15) is 8.78 Å². The monoisotopic (exact) mass is 407 g/mol. The lowest BCUT2D eigenvalue weighted by molar-refractivity contribution is -0.0531. The standard InChI is InChI=1S/C18H16F3N5O3/c1-9-6-18(2,26-17(22)28-9)11-5-10(3-4-12(11)19)25-15(27)13-7-24-14(8-23-13)29-16(20)21/h3-8,16H,1-2H3,(H2,22,26)(H,25,27). The van der Waals surface area contributed by atoms with Gasteiger partial charge in [-0.05, 0) is 38.1 Å². The van der Waals surface area contributed by atoms with Gasteiger partial charge in [0.1, 0.15) is 22.8 Å². The Hall–Kier alpha value is -3.63. The van der Waals surface area contributed by atoms with Crippen molar-refractivity contribution < 1.29 is 27.4 Å². The number of ether oxygens (including phenoxy) is 2. The summed E-state index contributed by atoms with van der Waals surface area (Å²) in [6, 6.07) is 3.82. The van der Waals surface area contributed by atoms with E-state index in [0.717, 1.165) is 12.4 Å². The Balaban J connectivity index is 1.83. The Morgan fingerprint density at radius 2 is 2.07 bits per heavy atom. The summed E-state index contributed by atoms with van der Waals surface area (Å²) < 4.78 is 48.0. The van der Waals surface area contributed by atoms with Crippen LogP contribution < -0.4 is 15.8 Å². The third kappa shape index (κ3) is 4.62. The molecule has 1 amide bonds. The smallest absolute Gasteiger partial charge is 0.388 e. The zero-order valence-corrected chi connectivity index (χ0v) is 15.3. The molecule has 0 saturated carbocycles. The number of nitrogens with two attached hydrogens (primary N) is 1. The molecular weight excluding hydrogens is 391 g/mol. The molecule has 1 aliphatic rings. The molecule has 1 atom stereocenters. The van der Waals surface area contributed by atoms with Crippen molar-refractivity contribution in [3.05, 3.63) is 59.5 Å². The van der Waals surface area contributed by atoms with Crippen LogP contribution in [0, 0.1) is 5.82 Å². The highest BCUT2D eigenvalue weighted by molar-refractivity contribution is 6.02. The molecule has 0 saturated heterocycles. The number of carbonyl (C=O) groups is 1. The fourth-order valence-corrected chi connectivity index (χ4v) is 2.78. The van der Waals surface area contributed by atoms with Gasteiger partial charge in [-0.3, -0.25) is 4.79 Å². The van der Waals surface area contributed by atoms with Gasteiger partial charge in [0.05, 0.1) is 12.4 Å². The van der Waals surface area contributed by atoms with Crippen LogP contribution in [0.3, 0.4) is 0 Å². The molecule has 0 aliphatic carbocycles. The minimum Gasteiger partial charge on any atom is -0.431 e. The molecule has 29 heavy (non-hydrogen) atoms. The van der Waals surface area contributed by atoms with Crippen molar-refractivity contribution in [2.75, 3.05) is 5.32 Å². The Bertz CT molecular complexity index is 975. The number of allylic oxidation sites excluding steroid dienone is 1. The Labute approximate surface area is 163 Å². The predicted molar refractivity (Wildman–Crippen MR) is 96.8 cm³/mol. The highest BCUT2D eigenvalue weighted by atomic mass is 19.3. The first-order valence-electron chi connectivity index (χ1n) is 8.27. The van der Waals surface area contributed by atoms with E-state index in [4.69, 9.17) is 10.5 Å². The predicted octanol–water partition coefficient (Wildman–Crippen LogP) is 2.93. The van der Waals surface area contributed by atoms with E-state index in [-0.39, 0.29) is 23.0 Å². The Morgan fingerprint density at radius 3 is 2.69 bits per heavy atom.